The second kappa shape index (κ2) is 10.1. The molecule has 0 spiro atoms. The Balaban J connectivity index is 0.00000154. The molecule has 2 nitrogen and oxygen atoms in total. The first-order valence-electron chi connectivity index (χ1n) is 6.84. The molecule has 0 aromatic heterocycles. The van der Waals surface area contributed by atoms with E-state index in [-0.39, 0.29) is 5.91 Å². The molecule has 0 aliphatic rings. The van der Waals surface area contributed by atoms with E-state index in [0.717, 1.165) is 5.56 Å². The SMILES string of the molecule is C/C=C\C(=C/C)c1ccc(CCC(N)=O)cc1.CC. The number of hydrogen-bond acceptors (Lipinski definition) is 1. The standard InChI is InChI=1S/C15H19NO.C2H6/c1-3-5-13(4-2)14-9-6-12(7-10-14)8-11-15(16)17;1-2/h3-7,9-10H,8,11H2,1-2H3,(H2,16,17);1-2H3/b5-3-,13-4+;. The lowest BCUT2D eigenvalue weighted by atomic mass is 10.0. The fourth-order valence-electron chi connectivity index (χ4n) is 1.67. The third-order valence-electron chi connectivity index (χ3n) is 2.60. The number of aryl methyl sites for hydroxylation is 1. The van der Waals surface area contributed by atoms with Crippen LogP contribution in [0.1, 0.15) is 45.2 Å². The number of primary amides is 1. The summed E-state index contributed by atoms with van der Waals surface area (Å²) in [5, 5.41) is 0. The van der Waals surface area contributed by atoms with E-state index in [4.69, 9.17) is 5.73 Å². The first-order chi connectivity index (χ1) is 9.17. The molecule has 1 aromatic carbocycles. The van der Waals surface area contributed by atoms with Crippen molar-refractivity contribution in [3.63, 3.8) is 0 Å². The zero-order valence-corrected chi connectivity index (χ0v) is 12.4. The maximum absolute atomic E-state index is 10.7. The fourth-order valence-corrected chi connectivity index (χ4v) is 1.67. The van der Waals surface area contributed by atoms with Gasteiger partial charge in [-0.05, 0) is 37.0 Å². The third-order valence-corrected chi connectivity index (χ3v) is 2.60. The fraction of sp³-hybridized carbons (Fsp3) is 0.353. The molecule has 0 aliphatic heterocycles. The van der Waals surface area contributed by atoms with Crippen molar-refractivity contribution in [2.75, 3.05) is 0 Å². The number of carbonyl (C=O) groups is 1. The Kier molecular flexibility index (Phi) is 9.15. The highest BCUT2D eigenvalue weighted by Crippen LogP contribution is 2.17. The Morgan fingerprint density at radius 2 is 1.74 bits per heavy atom. The minimum absolute atomic E-state index is 0.253. The zero-order valence-electron chi connectivity index (χ0n) is 12.4. The summed E-state index contributed by atoms with van der Waals surface area (Å²) in [7, 11) is 0. The maximum Gasteiger partial charge on any atom is 0.217 e. The van der Waals surface area contributed by atoms with Crippen LogP contribution in [0.3, 0.4) is 0 Å². The third kappa shape index (κ3) is 6.61. The second-order valence-electron chi connectivity index (χ2n) is 3.91. The van der Waals surface area contributed by atoms with Gasteiger partial charge in [0, 0.05) is 6.42 Å². The van der Waals surface area contributed by atoms with Crippen LogP contribution >= 0.6 is 0 Å². The first-order valence-corrected chi connectivity index (χ1v) is 6.84. The Labute approximate surface area is 117 Å². The van der Waals surface area contributed by atoms with Crippen molar-refractivity contribution in [2.24, 2.45) is 5.73 Å². The van der Waals surface area contributed by atoms with Crippen molar-refractivity contribution in [2.45, 2.75) is 40.5 Å². The van der Waals surface area contributed by atoms with E-state index < -0.39 is 0 Å². The van der Waals surface area contributed by atoms with Gasteiger partial charge in [-0.3, -0.25) is 4.79 Å². The Hall–Kier alpha value is -1.83. The van der Waals surface area contributed by atoms with Crippen molar-refractivity contribution in [3.05, 3.63) is 53.6 Å². The van der Waals surface area contributed by atoms with Crippen molar-refractivity contribution in [1.29, 1.82) is 0 Å². The molecule has 1 rings (SSSR count). The van der Waals surface area contributed by atoms with Gasteiger partial charge in [0.25, 0.3) is 0 Å². The van der Waals surface area contributed by atoms with E-state index in [0.29, 0.717) is 12.8 Å². The highest BCUT2D eigenvalue weighted by Gasteiger charge is 1.99. The lowest BCUT2D eigenvalue weighted by Gasteiger charge is -2.04. The molecule has 104 valence electrons. The average Bonchev–Trinajstić information content (AvgIpc) is 2.45. The van der Waals surface area contributed by atoms with Gasteiger partial charge in [-0.1, -0.05) is 56.3 Å². The van der Waals surface area contributed by atoms with Crippen molar-refractivity contribution >= 4 is 11.5 Å². The summed E-state index contributed by atoms with van der Waals surface area (Å²) < 4.78 is 0. The molecule has 1 aromatic rings. The van der Waals surface area contributed by atoms with Crippen LogP contribution in [0.2, 0.25) is 0 Å². The highest BCUT2D eigenvalue weighted by atomic mass is 16.1. The van der Waals surface area contributed by atoms with Crippen molar-refractivity contribution in [1.82, 2.24) is 0 Å². The van der Waals surface area contributed by atoms with Gasteiger partial charge in [-0.15, -0.1) is 0 Å². The summed E-state index contributed by atoms with van der Waals surface area (Å²) in [6.45, 7) is 8.03. The van der Waals surface area contributed by atoms with E-state index in [1.165, 1.54) is 11.1 Å². The molecule has 0 radical (unpaired) electrons. The number of carbonyl (C=O) groups excluding carboxylic acids is 1. The largest absolute Gasteiger partial charge is 0.370 e. The quantitative estimate of drug-likeness (QED) is 0.794. The molecule has 0 fully saturated rings. The molecule has 0 heterocycles. The molecule has 0 aliphatic carbocycles. The van der Waals surface area contributed by atoms with Crippen molar-refractivity contribution in [3.8, 4) is 0 Å². The topological polar surface area (TPSA) is 43.1 Å². The summed E-state index contributed by atoms with van der Waals surface area (Å²) in [6.07, 6.45) is 7.31. The number of rotatable bonds is 5. The molecule has 19 heavy (non-hydrogen) atoms. The van der Waals surface area contributed by atoms with E-state index in [2.05, 4.69) is 24.3 Å². The monoisotopic (exact) mass is 259 g/mol. The molecule has 1 amide bonds. The molecule has 0 unspecified atom stereocenters. The average molecular weight is 259 g/mol. The summed E-state index contributed by atoms with van der Waals surface area (Å²) >= 11 is 0. The van der Waals surface area contributed by atoms with Crippen LogP contribution in [0.5, 0.6) is 0 Å². The molecule has 0 saturated heterocycles. The van der Waals surface area contributed by atoms with Crippen LogP contribution in [-0.2, 0) is 11.2 Å². The van der Waals surface area contributed by atoms with Crippen LogP contribution in [-0.4, -0.2) is 5.91 Å². The predicted molar refractivity (Wildman–Crippen MR) is 83.8 cm³/mol. The Morgan fingerprint density at radius 1 is 1.16 bits per heavy atom. The van der Waals surface area contributed by atoms with Gasteiger partial charge >= 0.3 is 0 Å². The van der Waals surface area contributed by atoms with Gasteiger partial charge in [0.05, 0.1) is 0 Å². The molecule has 2 N–H and O–H groups in total. The van der Waals surface area contributed by atoms with E-state index >= 15 is 0 Å². The number of hydrogen-bond donors (Lipinski definition) is 1. The minimum Gasteiger partial charge on any atom is -0.370 e. The first kappa shape index (κ1) is 17.2. The Bertz CT molecular complexity index is 427. The van der Waals surface area contributed by atoms with E-state index in [1.54, 1.807) is 0 Å². The van der Waals surface area contributed by atoms with Gasteiger partial charge < -0.3 is 5.73 Å². The second-order valence-corrected chi connectivity index (χ2v) is 3.91. The lowest BCUT2D eigenvalue weighted by Crippen LogP contribution is -2.11. The summed E-state index contributed by atoms with van der Waals surface area (Å²) in [5.41, 5.74) is 8.66. The smallest absolute Gasteiger partial charge is 0.217 e. The highest BCUT2D eigenvalue weighted by molar-refractivity contribution is 5.75. The zero-order chi connectivity index (χ0) is 14.7. The maximum atomic E-state index is 10.7. The van der Waals surface area contributed by atoms with Crippen LogP contribution < -0.4 is 5.73 Å². The molecule has 0 bridgehead atoms. The minimum atomic E-state index is -0.253. The molecule has 2 heteroatoms. The van der Waals surface area contributed by atoms with Crippen LogP contribution in [0.15, 0.2) is 42.5 Å². The van der Waals surface area contributed by atoms with Crippen molar-refractivity contribution < 1.29 is 4.79 Å². The van der Waals surface area contributed by atoms with Gasteiger partial charge in [0.2, 0.25) is 5.91 Å². The molecular weight excluding hydrogens is 234 g/mol. The number of benzene rings is 1. The Morgan fingerprint density at radius 3 is 2.16 bits per heavy atom. The predicted octanol–water partition coefficient (Wildman–Crippen LogP) is 4.11. The van der Waals surface area contributed by atoms with Gasteiger partial charge in [-0.25, -0.2) is 0 Å². The summed E-state index contributed by atoms with van der Waals surface area (Å²) in [4.78, 5) is 10.7. The van der Waals surface area contributed by atoms with Crippen LogP contribution in [0, 0.1) is 0 Å². The molecule has 0 atom stereocenters. The number of amides is 1. The van der Waals surface area contributed by atoms with Crippen LogP contribution in [0.25, 0.3) is 5.57 Å². The number of nitrogens with two attached hydrogens (primary N) is 1. The normalized spacial score (nSPS) is 11.1. The van der Waals surface area contributed by atoms with Gasteiger partial charge in [-0.2, -0.15) is 0 Å². The van der Waals surface area contributed by atoms with E-state index in [9.17, 15) is 4.79 Å². The summed E-state index contributed by atoms with van der Waals surface area (Å²) in [5.74, 6) is -0.253. The summed E-state index contributed by atoms with van der Waals surface area (Å²) in [6, 6.07) is 8.24. The molecular formula is C17H25NO. The van der Waals surface area contributed by atoms with Gasteiger partial charge in [0.15, 0.2) is 0 Å². The van der Waals surface area contributed by atoms with Crippen LogP contribution in [0.4, 0.5) is 0 Å². The van der Waals surface area contributed by atoms with E-state index in [1.807, 2.05) is 45.9 Å². The van der Waals surface area contributed by atoms with Gasteiger partial charge in [0.1, 0.15) is 0 Å². The molecule has 0 saturated carbocycles. The lowest BCUT2D eigenvalue weighted by molar-refractivity contribution is -0.117. The number of allylic oxidation sites excluding steroid dienone is 4.